The molecule has 2 atom stereocenters. The van der Waals surface area contributed by atoms with Crippen molar-refractivity contribution in [3.05, 3.63) is 48.0 Å². The lowest BCUT2D eigenvalue weighted by Crippen LogP contribution is -2.40. The molecule has 0 spiro atoms. The Hall–Kier alpha value is -1.57. The van der Waals surface area contributed by atoms with Crippen LogP contribution in [0.3, 0.4) is 0 Å². The van der Waals surface area contributed by atoms with Crippen molar-refractivity contribution >= 4 is 5.91 Å². The molecule has 1 aromatic rings. The molecule has 2 heteroatoms. The second-order valence-corrected chi connectivity index (χ2v) is 4.77. The van der Waals surface area contributed by atoms with Crippen molar-refractivity contribution in [2.45, 2.75) is 24.8 Å². The first kappa shape index (κ1) is 9.64. The summed E-state index contributed by atoms with van der Waals surface area (Å²) in [5, 5.41) is 3.18. The van der Waals surface area contributed by atoms with Crippen molar-refractivity contribution in [1.29, 1.82) is 0 Å². The number of fused-ring (bicyclic) bond motifs is 3. The van der Waals surface area contributed by atoms with Gasteiger partial charge in [0, 0.05) is 6.42 Å². The lowest BCUT2D eigenvalue weighted by Gasteiger charge is -2.29. The van der Waals surface area contributed by atoms with E-state index in [1.54, 1.807) is 0 Å². The highest BCUT2D eigenvalue weighted by atomic mass is 16.2. The summed E-state index contributed by atoms with van der Waals surface area (Å²) >= 11 is 0. The minimum absolute atomic E-state index is 0.157. The van der Waals surface area contributed by atoms with E-state index in [1.165, 1.54) is 11.1 Å². The van der Waals surface area contributed by atoms with Crippen LogP contribution in [-0.4, -0.2) is 5.91 Å². The zero-order valence-electron chi connectivity index (χ0n) is 9.20. The molecule has 1 N–H and O–H groups in total. The molecule has 1 fully saturated rings. The second kappa shape index (κ2) is 3.21. The summed E-state index contributed by atoms with van der Waals surface area (Å²) in [6.07, 6.45) is 4.42. The number of amides is 1. The molecule has 1 amide bonds. The summed E-state index contributed by atoms with van der Waals surface area (Å²) in [5.41, 5.74) is 2.52. The SMILES string of the molecule is C=CC[C@]12NC(=O)C[C@H]1Cc1ccccc12. The molecule has 0 radical (unpaired) electrons. The van der Waals surface area contributed by atoms with Gasteiger partial charge in [0.05, 0.1) is 5.54 Å². The van der Waals surface area contributed by atoms with Gasteiger partial charge in [-0.3, -0.25) is 4.79 Å². The molecule has 3 rings (SSSR count). The Morgan fingerprint density at radius 1 is 1.44 bits per heavy atom. The highest BCUT2D eigenvalue weighted by molar-refractivity contribution is 5.81. The Labute approximate surface area is 95.4 Å². The van der Waals surface area contributed by atoms with E-state index in [1.807, 2.05) is 6.08 Å². The first-order chi connectivity index (χ1) is 7.76. The highest BCUT2D eigenvalue weighted by Gasteiger charge is 2.51. The van der Waals surface area contributed by atoms with E-state index < -0.39 is 0 Å². The Kier molecular flexibility index (Phi) is 1.93. The standard InChI is InChI=1S/C14H15NO/c1-2-7-14-11(9-13(16)15-14)8-10-5-3-4-6-12(10)14/h2-6,11H,1,7-9H2,(H,15,16)/t11-,14+/m1/s1. The zero-order valence-corrected chi connectivity index (χ0v) is 9.20. The minimum Gasteiger partial charge on any atom is -0.346 e. The first-order valence-electron chi connectivity index (χ1n) is 5.76. The molecule has 1 aliphatic heterocycles. The first-order valence-corrected chi connectivity index (χ1v) is 5.76. The molecule has 1 saturated heterocycles. The third kappa shape index (κ3) is 1.10. The minimum atomic E-state index is -0.157. The average molecular weight is 213 g/mol. The van der Waals surface area contributed by atoms with Crippen LogP contribution in [0.4, 0.5) is 0 Å². The summed E-state index contributed by atoms with van der Waals surface area (Å²) in [6, 6.07) is 8.44. The molecule has 2 aliphatic rings. The van der Waals surface area contributed by atoms with Crippen LogP contribution < -0.4 is 5.32 Å². The molecular formula is C14H15NO. The van der Waals surface area contributed by atoms with Gasteiger partial charge >= 0.3 is 0 Å². The maximum Gasteiger partial charge on any atom is 0.221 e. The number of nitrogens with one attached hydrogen (secondary N) is 1. The fraction of sp³-hybridized carbons (Fsp3) is 0.357. The van der Waals surface area contributed by atoms with Crippen LogP contribution in [0.5, 0.6) is 0 Å². The number of carbonyl (C=O) groups is 1. The van der Waals surface area contributed by atoms with Crippen molar-refractivity contribution in [1.82, 2.24) is 5.32 Å². The number of hydrogen-bond acceptors (Lipinski definition) is 1. The Morgan fingerprint density at radius 3 is 3.06 bits per heavy atom. The number of benzene rings is 1. The van der Waals surface area contributed by atoms with E-state index >= 15 is 0 Å². The molecule has 1 heterocycles. The van der Waals surface area contributed by atoms with Gasteiger partial charge in [0.25, 0.3) is 0 Å². The second-order valence-electron chi connectivity index (χ2n) is 4.77. The third-order valence-electron chi connectivity index (χ3n) is 3.92. The van der Waals surface area contributed by atoms with Crippen LogP contribution in [0.25, 0.3) is 0 Å². The fourth-order valence-corrected chi connectivity index (χ4v) is 3.29. The van der Waals surface area contributed by atoms with Crippen molar-refractivity contribution in [3.63, 3.8) is 0 Å². The summed E-state index contributed by atoms with van der Waals surface area (Å²) < 4.78 is 0. The Balaban J connectivity index is 2.14. The molecule has 0 aromatic heterocycles. The Bertz CT molecular complexity index is 466. The quantitative estimate of drug-likeness (QED) is 0.749. The molecule has 0 bridgehead atoms. The smallest absolute Gasteiger partial charge is 0.221 e. The van der Waals surface area contributed by atoms with Crippen LogP contribution in [0.15, 0.2) is 36.9 Å². The summed E-state index contributed by atoms with van der Waals surface area (Å²) in [5.74, 6) is 0.594. The van der Waals surface area contributed by atoms with Crippen molar-refractivity contribution in [2.75, 3.05) is 0 Å². The van der Waals surface area contributed by atoms with Gasteiger partial charge in [-0.15, -0.1) is 6.58 Å². The molecule has 1 aliphatic carbocycles. The van der Waals surface area contributed by atoms with Gasteiger partial charge in [-0.1, -0.05) is 30.3 Å². The summed E-state index contributed by atoms with van der Waals surface area (Å²) in [7, 11) is 0. The van der Waals surface area contributed by atoms with Gasteiger partial charge in [0.1, 0.15) is 0 Å². The predicted molar refractivity (Wildman–Crippen MR) is 62.9 cm³/mol. The predicted octanol–water partition coefficient (Wildman–Crippen LogP) is 2.15. The van der Waals surface area contributed by atoms with E-state index in [2.05, 4.69) is 36.2 Å². The highest BCUT2D eigenvalue weighted by Crippen LogP contribution is 2.48. The van der Waals surface area contributed by atoms with Gasteiger partial charge < -0.3 is 5.32 Å². The van der Waals surface area contributed by atoms with Gasteiger partial charge in [0.2, 0.25) is 5.91 Å². The fourth-order valence-electron chi connectivity index (χ4n) is 3.29. The van der Waals surface area contributed by atoms with Crippen LogP contribution in [0.1, 0.15) is 24.0 Å². The molecule has 0 unspecified atom stereocenters. The van der Waals surface area contributed by atoms with E-state index in [0.29, 0.717) is 12.3 Å². The van der Waals surface area contributed by atoms with E-state index in [4.69, 9.17) is 0 Å². The van der Waals surface area contributed by atoms with Crippen LogP contribution >= 0.6 is 0 Å². The van der Waals surface area contributed by atoms with Gasteiger partial charge in [-0.05, 0) is 29.9 Å². The van der Waals surface area contributed by atoms with Crippen molar-refractivity contribution in [2.24, 2.45) is 5.92 Å². The summed E-state index contributed by atoms with van der Waals surface area (Å²) in [4.78, 5) is 11.6. The molecule has 1 aromatic carbocycles. The van der Waals surface area contributed by atoms with E-state index in [0.717, 1.165) is 12.8 Å². The lowest BCUT2D eigenvalue weighted by molar-refractivity contribution is -0.119. The normalized spacial score (nSPS) is 30.8. The molecule has 16 heavy (non-hydrogen) atoms. The van der Waals surface area contributed by atoms with Gasteiger partial charge in [-0.25, -0.2) is 0 Å². The number of carbonyl (C=O) groups excluding carboxylic acids is 1. The van der Waals surface area contributed by atoms with Crippen LogP contribution in [-0.2, 0) is 16.8 Å². The van der Waals surface area contributed by atoms with Crippen molar-refractivity contribution in [3.8, 4) is 0 Å². The van der Waals surface area contributed by atoms with E-state index in [-0.39, 0.29) is 11.4 Å². The molecule has 82 valence electrons. The largest absolute Gasteiger partial charge is 0.346 e. The Morgan fingerprint density at radius 2 is 2.25 bits per heavy atom. The van der Waals surface area contributed by atoms with Gasteiger partial charge in [-0.2, -0.15) is 0 Å². The maximum absolute atomic E-state index is 11.6. The maximum atomic E-state index is 11.6. The summed E-state index contributed by atoms with van der Waals surface area (Å²) in [6.45, 7) is 3.83. The van der Waals surface area contributed by atoms with Crippen LogP contribution in [0.2, 0.25) is 0 Å². The topological polar surface area (TPSA) is 29.1 Å². The number of rotatable bonds is 2. The molecule has 0 saturated carbocycles. The number of hydrogen-bond donors (Lipinski definition) is 1. The van der Waals surface area contributed by atoms with Crippen molar-refractivity contribution < 1.29 is 4.79 Å². The van der Waals surface area contributed by atoms with Crippen LogP contribution in [0, 0.1) is 5.92 Å². The molecular weight excluding hydrogens is 198 g/mol. The monoisotopic (exact) mass is 213 g/mol. The van der Waals surface area contributed by atoms with E-state index in [9.17, 15) is 4.79 Å². The van der Waals surface area contributed by atoms with Gasteiger partial charge in [0.15, 0.2) is 0 Å². The average Bonchev–Trinajstić information content (AvgIpc) is 2.70. The zero-order chi connectivity index (χ0) is 11.2. The lowest BCUT2D eigenvalue weighted by atomic mass is 9.82. The third-order valence-corrected chi connectivity index (χ3v) is 3.92. The molecule has 2 nitrogen and oxygen atoms in total.